The molecule has 6 heterocycles. The van der Waals surface area contributed by atoms with Gasteiger partial charge in [0.1, 0.15) is 54.7 Å². The number of hydrogen-bond donors (Lipinski definition) is 13. The van der Waals surface area contributed by atoms with E-state index in [0.29, 0.717) is 24.1 Å². The Bertz CT molecular complexity index is 3020. The summed E-state index contributed by atoms with van der Waals surface area (Å²) in [5.41, 5.74) is 8.38. The summed E-state index contributed by atoms with van der Waals surface area (Å²) >= 11 is 0. The van der Waals surface area contributed by atoms with Crippen LogP contribution < -0.4 is 26.5 Å². The van der Waals surface area contributed by atoms with E-state index in [-0.39, 0.29) is 44.8 Å². The minimum Gasteiger partial charge on any atom is -0.118 e. The molecule has 0 bridgehead atoms. The van der Waals surface area contributed by atoms with Crippen LogP contribution in [0.25, 0.3) is 11.0 Å². The van der Waals surface area contributed by atoms with E-state index < -0.39 is 99.4 Å². The predicted molar refractivity (Wildman–Crippen MR) is 341 cm³/mol. The summed E-state index contributed by atoms with van der Waals surface area (Å²) in [5, 5.41) is 63.5. The first kappa shape index (κ1) is 84.2. The summed E-state index contributed by atoms with van der Waals surface area (Å²) < 4.78 is 115. The van der Waals surface area contributed by atoms with E-state index in [9.17, 15) is 57.0 Å². The van der Waals surface area contributed by atoms with Gasteiger partial charge in [0.2, 0.25) is 0 Å². The third-order valence-corrected chi connectivity index (χ3v) is 23.0. The van der Waals surface area contributed by atoms with Gasteiger partial charge < -0.3 is 55.8 Å². The van der Waals surface area contributed by atoms with Crippen LogP contribution in [0.2, 0.25) is 0 Å². The number of phosphoric ester groups is 1. The largest absolute Gasteiger partial charge is 0.118 e. The van der Waals surface area contributed by atoms with Crippen molar-refractivity contribution in [1.29, 1.82) is 1.28 Å². The molecule has 0 amide bonds. The Labute approximate surface area is 534 Å². The molecule has 0 saturated carbocycles. The number of terminal acetylenes is 2. The van der Waals surface area contributed by atoms with Gasteiger partial charge in [0, 0.05) is 0 Å². The molecule has 2 fully saturated rings. The fourth-order valence-electron chi connectivity index (χ4n) is 8.48. The Kier molecular flexibility index (Phi) is 38.8. The zero-order chi connectivity index (χ0) is 70.0. The molecule has 2 aliphatic heterocycles. The molecule has 6 rings (SSSR count). The molecule has 5 unspecified atom stereocenters. The number of hydrogen-bond acceptors (Lipinski definition) is 26. The van der Waals surface area contributed by atoms with Crippen LogP contribution in [0.5, 0.6) is 0 Å². The first-order chi connectivity index (χ1) is 43.4. The van der Waals surface area contributed by atoms with Crippen LogP contribution in [-0.4, -0.2) is 138 Å². The molecule has 13 atom stereocenters. The summed E-state index contributed by atoms with van der Waals surface area (Å²) in [6.07, 6.45) is 22.2. The smallest absolute Gasteiger partial charge is 0.0589 e. The fourth-order valence-corrected chi connectivity index (χ4v) is 15.2. The molecule has 2 aliphatic rings. The standard InChI is InChI=1S/C13H16FN4O12P3.C13H13FN4O3.C8H22N2O7P2.2C8H18.H4P2/c1-2-13(5-27-32(23,24)30-33(25,26)29-31(20,21)22)11(19)9(14)10(28-13)7-3-4-8-12(15)16-6-17-18(7)8;1-2-13(5-19)11(20)9(14)10(21-13)7-3-4-8-12(15)16-6-17-18(7)8;1-3-5-7-9-19(16-12,17-15-11,18(13)14)10-8-6-4-2;2*1-3-5-7-8-6-4-2;1-2/h1,3-4,6,9-11,19H,5H2,(H,23,24)(H,25,26)(H2,15,16,17)(H2,20,21,22);1,3-4,6,9-11,19-20H,5H2,(H2,15,16,17);9-12H,3-8H2,1-2H3;2*3-8H2,1-2H3;1-2H2/t2*9-,10-,11-,13+;;;;/m00..../s1/i;;;;;1T. The molecule has 15 N–H and O–H groups in total. The van der Waals surface area contributed by atoms with Crippen LogP contribution in [0, 0.1) is 24.7 Å². The van der Waals surface area contributed by atoms with E-state index in [0.717, 1.165) is 19.2 Å². The first-order valence-electron chi connectivity index (χ1n) is 29.3. The number of fused-ring (bicyclic) bond motifs is 2. The third kappa shape index (κ3) is 25.2. The Morgan fingerprint density at radius 3 is 1.43 bits per heavy atom. The van der Waals surface area contributed by atoms with E-state index in [1.165, 1.54) is 105 Å². The molecular formula is C50H91F2N10O22P7. The van der Waals surface area contributed by atoms with Gasteiger partial charge in [0.25, 0.3) is 0 Å². The summed E-state index contributed by atoms with van der Waals surface area (Å²) in [7, 11) is -22.9. The minimum absolute atomic E-state index is 0.0427. The second kappa shape index (κ2) is 41.9. The number of unbranched alkanes of at least 4 members (excludes halogenated alkanes) is 12. The summed E-state index contributed by atoms with van der Waals surface area (Å²) in [6, 6.07) is 5.98. The number of rotatable bonds is 32. The van der Waals surface area contributed by atoms with Gasteiger partial charge in [-0.2, -0.15) is 18.8 Å². The van der Waals surface area contributed by atoms with Crippen molar-refractivity contribution in [3.8, 4) is 24.7 Å². The van der Waals surface area contributed by atoms with Crippen molar-refractivity contribution >= 4 is 78.7 Å². The van der Waals surface area contributed by atoms with Crippen molar-refractivity contribution in [2.75, 3.05) is 37.8 Å². The normalized spacial score (nSPS) is 23.3. The molecule has 0 aromatic carbocycles. The van der Waals surface area contributed by atoms with Crippen LogP contribution in [0.3, 0.4) is 0 Å². The van der Waals surface area contributed by atoms with Crippen molar-refractivity contribution in [2.24, 2.45) is 0 Å². The van der Waals surface area contributed by atoms with Gasteiger partial charge in [-0.15, -0.1) is 30.6 Å². The van der Waals surface area contributed by atoms with Crippen LogP contribution in [0.4, 0.5) is 20.4 Å². The number of aliphatic hydroxyl groups excluding tert-OH is 3. The van der Waals surface area contributed by atoms with Gasteiger partial charge in [0.05, 0.1) is 19.3 Å². The topological polar surface area (TPSA) is 484 Å². The number of nitrogens with zero attached hydrogens (tertiary/aromatic N) is 6. The quantitative estimate of drug-likeness (QED) is 0.00715. The Hall–Kier alpha value is -2.90. The molecule has 32 nitrogen and oxygen atoms in total. The van der Waals surface area contributed by atoms with Gasteiger partial charge in [-0.05, 0) is 24.3 Å². The second-order valence-electron chi connectivity index (χ2n) is 20.1. The first-order valence-corrected chi connectivity index (χ1v) is 39.6. The molecule has 41 heteroatoms. The number of ether oxygens (including phenoxy) is 2. The van der Waals surface area contributed by atoms with Gasteiger partial charge >= 0.3 is 135 Å². The van der Waals surface area contributed by atoms with E-state index in [1.807, 2.05) is 19.8 Å². The number of anilines is 2. The number of nitrogen functional groups attached to an aromatic ring is 2. The van der Waals surface area contributed by atoms with Crippen LogP contribution in [-0.2, 0) is 55.3 Å². The zero-order valence-corrected chi connectivity index (χ0v) is 58.1. The van der Waals surface area contributed by atoms with E-state index in [2.05, 4.69) is 100 Å². The molecule has 0 aliphatic carbocycles. The monoisotopic (exact) mass is 1440 g/mol. The number of aliphatic hydroxyl groups is 3. The van der Waals surface area contributed by atoms with Crippen molar-refractivity contribution in [2.45, 2.75) is 192 Å². The van der Waals surface area contributed by atoms with Crippen molar-refractivity contribution in [3.05, 3.63) is 48.3 Å². The molecule has 0 radical (unpaired) electrons. The average molecular weight is 1440 g/mol. The van der Waals surface area contributed by atoms with Gasteiger partial charge in [-0.25, -0.2) is 41.5 Å². The Morgan fingerprint density at radius 2 is 1.11 bits per heavy atom. The molecular weight excluding hydrogens is 1350 g/mol. The maximum Gasteiger partial charge on any atom is 0.0589 e. The minimum atomic E-state index is -5.80. The van der Waals surface area contributed by atoms with Gasteiger partial charge in [-0.1, -0.05) is 117 Å². The summed E-state index contributed by atoms with van der Waals surface area (Å²) in [4.78, 5) is 55.0. The number of aromatic nitrogens is 6. The molecule has 4 aromatic heterocycles. The van der Waals surface area contributed by atoms with Gasteiger partial charge in [0.15, 0.2) is 35.2 Å². The molecule has 522 valence electrons. The zero-order valence-electron chi connectivity index (χ0n) is 52.5. The molecule has 4 aromatic rings. The van der Waals surface area contributed by atoms with Crippen molar-refractivity contribution in [3.63, 3.8) is 0 Å². The number of nitrogens with two attached hydrogens (primary N) is 2. The molecule has 91 heavy (non-hydrogen) atoms. The predicted octanol–water partition coefficient (Wildman–Crippen LogP) is 8.54. The van der Waals surface area contributed by atoms with Crippen molar-refractivity contribution in [1.82, 2.24) is 39.4 Å². The fraction of sp³-hybridized carbons (Fsp3) is 0.680. The van der Waals surface area contributed by atoms with E-state index >= 15 is 0 Å². The van der Waals surface area contributed by atoms with E-state index in [4.69, 9.17) is 55.4 Å². The number of halogens is 2. The SMILES string of the molecule is C#C[C@]1(CO)O[C@@H](c2ccc3c(N)ncnn23)[C@H](F)[C@@H]1O.C#C[C@]1(COP(=O)(O)OP(=O)(O)OP(=O)(O)O)O[C@@H](c2ccc3c(N)ncnn23)[C@H](F)[C@@H]1O.CCCCCCCC.CCCCCCCC.CCCCNP(NCCCC)(OO)(OOO)[P+](=O)[O-].[3H]PP. The Balaban J connectivity index is 0.000000622. The summed E-state index contributed by atoms with van der Waals surface area (Å²) in [6.45, 7) is 11.3. The van der Waals surface area contributed by atoms with Crippen LogP contribution in [0.15, 0.2) is 36.9 Å². The summed E-state index contributed by atoms with van der Waals surface area (Å²) in [5.74, 6) is 4.32. The average Bonchev–Trinajstić information content (AvgIpc) is 1.52. The maximum absolute atomic E-state index is 15.0. The van der Waals surface area contributed by atoms with Crippen LogP contribution >= 0.6 is 56.0 Å². The Morgan fingerprint density at radius 1 is 0.725 bits per heavy atom. The number of alkyl halides is 2. The molecule has 0 spiro atoms. The number of phosphoric acid groups is 3. The third-order valence-electron chi connectivity index (χ3n) is 13.4. The maximum atomic E-state index is 15.0. The second-order valence-corrected chi connectivity index (χ2v) is 30.9. The van der Waals surface area contributed by atoms with E-state index in [1.54, 1.807) is 12.1 Å². The van der Waals surface area contributed by atoms with Crippen LogP contribution in [0.1, 0.15) is 168 Å². The van der Waals surface area contributed by atoms with Gasteiger partial charge in [-0.3, -0.25) is 4.52 Å². The number of nitrogens with one attached hydrogen (secondary N) is 2. The van der Waals surface area contributed by atoms with Crippen molar-refractivity contribution < 1.29 is 114 Å². The molecule has 2 saturated heterocycles.